The van der Waals surface area contributed by atoms with Crippen molar-refractivity contribution in [2.75, 3.05) is 4.90 Å². The van der Waals surface area contributed by atoms with Crippen molar-refractivity contribution in [2.45, 2.75) is 44.5 Å². The molecule has 1 N–H and O–H groups in total. The third-order valence-corrected chi connectivity index (χ3v) is 5.00. The summed E-state index contributed by atoms with van der Waals surface area (Å²) >= 11 is 0. The van der Waals surface area contributed by atoms with Crippen molar-refractivity contribution in [3.63, 3.8) is 0 Å². The number of nitrogens with one attached hydrogen (secondary N) is 1. The Labute approximate surface area is 183 Å². The molecule has 0 saturated carbocycles. The van der Waals surface area contributed by atoms with Crippen LogP contribution in [0, 0.1) is 0 Å². The van der Waals surface area contributed by atoms with E-state index in [9.17, 15) is 40.3 Å². The molecule has 13 heteroatoms. The monoisotopic (exact) mass is 478 g/mol. The van der Waals surface area contributed by atoms with Gasteiger partial charge in [0.2, 0.25) is 5.91 Å². The molecule has 2 aromatic rings. The van der Waals surface area contributed by atoms with Crippen molar-refractivity contribution in [1.82, 2.24) is 15.4 Å². The van der Waals surface area contributed by atoms with Crippen molar-refractivity contribution < 1.29 is 40.3 Å². The molecular formula is C20H17F7N4O2. The summed E-state index contributed by atoms with van der Waals surface area (Å²) in [7, 11) is 0. The van der Waals surface area contributed by atoms with Crippen LogP contribution in [0.3, 0.4) is 0 Å². The molecular weight excluding hydrogens is 461 g/mol. The third kappa shape index (κ3) is 4.36. The van der Waals surface area contributed by atoms with Crippen molar-refractivity contribution in [3.8, 4) is 0 Å². The first-order valence-corrected chi connectivity index (χ1v) is 9.54. The van der Waals surface area contributed by atoms with E-state index in [1.807, 2.05) is 0 Å². The number of halogens is 7. The van der Waals surface area contributed by atoms with Crippen LogP contribution >= 0.6 is 0 Å². The minimum absolute atomic E-state index is 0.0148. The number of fused-ring (bicyclic) bond motifs is 1. The van der Waals surface area contributed by atoms with Crippen molar-refractivity contribution in [1.29, 1.82) is 0 Å². The molecule has 0 atom stereocenters. The fraction of sp³-hybridized carbons (Fsp3) is 0.350. The zero-order valence-corrected chi connectivity index (χ0v) is 17.0. The van der Waals surface area contributed by atoms with Gasteiger partial charge in [-0.05, 0) is 29.3 Å². The maximum Gasteiger partial charge on any atom is 0.435 e. The van der Waals surface area contributed by atoms with E-state index in [-0.39, 0.29) is 30.3 Å². The number of amides is 3. The second-order valence-electron chi connectivity index (χ2n) is 7.15. The lowest BCUT2D eigenvalue weighted by Gasteiger charge is -2.37. The topological polar surface area (TPSA) is 65.5 Å². The molecule has 0 spiro atoms. The maximum atomic E-state index is 14.5. The molecule has 6 nitrogen and oxygen atoms in total. The minimum Gasteiger partial charge on any atom is -0.274 e. The number of imide groups is 1. The number of urea groups is 1. The van der Waals surface area contributed by atoms with Crippen LogP contribution in [0.5, 0.6) is 0 Å². The standard InChI is InChI=1S/C20H17F7N4O2/c1-2-16(32)31-15-6-5-14(18(21,19(22,23)24)20(25,26)27)8-13(15)11-30(17(31)33)29-10-12-4-3-7-28-9-12/h3-9,29H,2,10-11H2,1H3. The number of pyridine rings is 1. The van der Waals surface area contributed by atoms with Crippen LogP contribution in [-0.4, -0.2) is 34.3 Å². The van der Waals surface area contributed by atoms with Gasteiger partial charge in [0.05, 0.1) is 12.2 Å². The van der Waals surface area contributed by atoms with Crippen LogP contribution in [-0.2, 0) is 23.6 Å². The maximum absolute atomic E-state index is 14.5. The molecule has 0 radical (unpaired) electrons. The molecule has 1 aromatic carbocycles. The molecule has 0 unspecified atom stereocenters. The first-order valence-electron chi connectivity index (χ1n) is 9.54. The summed E-state index contributed by atoms with van der Waals surface area (Å²) in [5.41, 5.74) is -4.56. The quantitative estimate of drug-likeness (QED) is 0.630. The molecule has 0 saturated heterocycles. The van der Waals surface area contributed by atoms with Gasteiger partial charge in [-0.3, -0.25) is 14.8 Å². The average molecular weight is 478 g/mol. The number of hydrazine groups is 1. The van der Waals surface area contributed by atoms with Gasteiger partial charge in [0.15, 0.2) is 0 Å². The zero-order valence-electron chi connectivity index (χ0n) is 17.0. The predicted octanol–water partition coefficient (Wildman–Crippen LogP) is 4.75. The Balaban J connectivity index is 2.05. The first-order chi connectivity index (χ1) is 15.3. The van der Waals surface area contributed by atoms with E-state index in [0.717, 1.165) is 5.01 Å². The smallest absolute Gasteiger partial charge is 0.274 e. The molecule has 0 aliphatic carbocycles. The number of benzene rings is 1. The van der Waals surface area contributed by atoms with Gasteiger partial charge in [0.1, 0.15) is 0 Å². The third-order valence-electron chi connectivity index (χ3n) is 5.00. The number of hydrogen-bond acceptors (Lipinski definition) is 4. The Hall–Kier alpha value is -3.22. The van der Waals surface area contributed by atoms with E-state index in [2.05, 4.69) is 10.4 Å². The van der Waals surface area contributed by atoms with E-state index >= 15 is 0 Å². The van der Waals surface area contributed by atoms with Gasteiger partial charge >= 0.3 is 24.1 Å². The number of carbonyl (C=O) groups is 2. The number of aromatic nitrogens is 1. The van der Waals surface area contributed by atoms with Crippen LogP contribution in [0.4, 0.5) is 41.2 Å². The Kier molecular flexibility index (Phi) is 6.37. The van der Waals surface area contributed by atoms with Crippen molar-refractivity contribution >= 4 is 17.6 Å². The highest BCUT2D eigenvalue weighted by Gasteiger charge is 2.73. The van der Waals surface area contributed by atoms with Gasteiger partial charge in [0, 0.05) is 30.9 Å². The number of nitrogens with zero attached hydrogens (tertiary/aromatic N) is 3. The number of alkyl halides is 7. The molecule has 0 fully saturated rings. The molecule has 0 bridgehead atoms. The van der Waals surface area contributed by atoms with Crippen molar-refractivity contribution in [3.05, 3.63) is 59.4 Å². The Bertz CT molecular complexity index is 1030. The van der Waals surface area contributed by atoms with E-state index in [0.29, 0.717) is 22.6 Å². The van der Waals surface area contributed by atoms with Gasteiger partial charge in [-0.2, -0.15) is 26.3 Å². The van der Waals surface area contributed by atoms with Gasteiger partial charge < -0.3 is 0 Å². The molecule has 2 heterocycles. The number of carbonyl (C=O) groups excluding carboxylic acids is 2. The Morgan fingerprint density at radius 2 is 1.76 bits per heavy atom. The Morgan fingerprint density at radius 1 is 1.09 bits per heavy atom. The lowest BCUT2D eigenvalue weighted by atomic mass is 9.91. The van der Waals surface area contributed by atoms with Gasteiger partial charge in [-0.25, -0.2) is 19.5 Å². The molecule has 1 aromatic heterocycles. The highest BCUT2D eigenvalue weighted by Crippen LogP contribution is 2.53. The van der Waals surface area contributed by atoms with Gasteiger partial charge in [-0.15, -0.1) is 0 Å². The highest BCUT2D eigenvalue weighted by molar-refractivity contribution is 6.15. The molecule has 33 heavy (non-hydrogen) atoms. The Morgan fingerprint density at radius 3 is 2.30 bits per heavy atom. The average Bonchev–Trinajstić information content (AvgIpc) is 2.75. The zero-order chi connectivity index (χ0) is 24.6. The van der Waals surface area contributed by atoms with Crippen molar-refractivity contribution in [2.24, 2.45) is 0 Å². The normalized spacial score (nSPS) is 15.0. The second kappa shape index (κ2) is 8.61. The summed E-state index contributed by atoms with van der Waals surface area (Å²) < 4.78 is 93.6. The van der Waals surface area contributed by atoms with Crippen LogP contribution in [0.15, 0.2) is 42.7 Å². The van der Waals surface area contributed by atoms with Crippen LogP contribution in [0.2, 0.25) is 0 Å². The van der Waals surface area contributed by atoms with E-state index in [4.69, 9.17) is 0 Å². The summed E-state index contributed by atoms with van der Waals surface area (Å²) in [6.07, 6.45) is -9.80. The highest BCUT2D eigenvalue weighted by atomic mass is 19.4. The van der Waals surface area contributed by atoms with Crippen LogP contribution < -0.4 is 10.3 Å². The summed E-state index contributed by atoms with van der Waals surface area (Å²) in [4.78, 5) is 29.7. The fourth-order valence-corrected chi connectivity index (χ4v) is 3.31. The summed E-state index contributed by atoms with van der Waals surface area (Å²) in [5.74, 6) is -0.750. The molecule has 3 amide bonds. The SMILES string of the molecule is CCC(=O)N1C(=O)N(NCc2cccnc2)Cc2cc(C(F)(C(F)(F)F)C(F)(F)F)ccc21. The lowest BCUT2D eigenvalue weighted by molar-refractivity contribution is -0.348. The summed E-state index contributed by atoms with van der Waals surface area (Å²) in [6, 6.07) is 3.74. The van der Waals surface area contributed by atoms with E-state index in [1.54, 1.807) is 12.1 Å². The molecule has 1 aliphatic heterocycles. The number of hydrogen-bond donors (Lipinski definition) is 1. The minimum atomic E-state index is -6.29. The largest absolute Gasteiger partial charge is 0.435 e. The van der Waals surface area contributed by atoms with Crippen LogP contribution in [0.25, 0.3) is 0 Å². The van der Waals surface area contributed by atoms with Crippen LogP contribution in [0.1, 0.15) is 30.0 Å². The van der Waals surface area contributed by atoms with E-state index < -0.39 is 42.1 Å². The summed E-state index contributed by atoms with van der Waals surface area (Å²) in [6.45, 7) is 0.925. The number of rotatable bonds is 5. The van der Waals surface area contributed by atoms with E-state index in [1.165, 1.54) is 19.3 Å². The molecule has 3 rings (SSSR count). The van der Waals surface area contributed by atoms with Gasteiger partial charge in [-0.1, -0.05) is 19.1 Å². The summed E-state index contributed by atoms with van der Waals surface area (Å²) in [5, 5.41) is 0.855. The predicted molar refractivity (Wildman–Crippen MR) is 101 cm³/mol. The fourth-order valence-electron chi connectivity index (χ4n) is 3.31. The molecule has 1 aliphatic rings. The second-order valence-corrected chi connectivity index (χ2v) is 7.15. The lowest BCUT2D eigenvalue weighted by Crippen LogP contribution is -2.55. The first kappa shape index (κ1) is 24.4. The molecule has 178 valence electrons. The van der Waals surface area contributed by atoms with Gasteiger partial charge in [0.25, 0.3) is 0 Å². The number of anilines is 1.